The molecule has 3 aliphatic rings. The quantitative estimate of drug-likeness (QED) is 0.722. The molecule has 2 unspecified atom stereocenters. The lowest BCUT2D eigenvalue weighted by atomic mass is 9.68. The van der Waals surface area contributed by atoms with Crippen molar-refractivity contribution in [3.05, 3.63) is 29.3 Å². The van der Waals surface area contributed by atoms with E-state index in [4.69, 9.17) is 0 Å². The fraction of sp³-hybridized carbons (Fsp3) is 0.636. The number of fused-ring (bicyclic) bond motifs is 1. The summed E-state index contributed by atoms with van der Waals surface area (Å²) in [6, 6.07) is 5.19. The number of rotatable bonds is 3. The van der Waals surface area contributed by atoms with Crippen LogP contribution in [0.15, 0.2) is 18.2 Å². The van der Waals surface area contributed by atoms with E-state index in [1.807, 2.05) is 0 Å². The molecule has 2 amide bonds. The zero-order valence-corrected chi connectivity index (χ0v) is 16.1. The van der Waals surface area contributed by atoms with Crippen LogP contribution in [0.25, 0.3) is 0 Å². The Bertz CT molecular complexity index is 757. The van der Waals surface area contributed by atoms with Crippen molar-refractivity contribution < 1.29 is 18.4 Å². The van der Waals surface area contributed by atoms with Crippen LogP contribution in [-0.2, 0) is 11.3 Å². The van der Waals surface area contributed by atoms with Crippen LogP contribution in [-0.4, -0.2) is 17.7 Å². The lowest BCUT2D eigenvalue weighted by Gasteiger charge is -2.39. The maximum atomic E-state index is 14.2. The molecule has 0 aromatic heterocycles. The average Bonchev–Trinajstić information content (AvgIpc) is 2.88. The molecule has 0 radical (unpaired) electrons. The van der Waals surface area contributed by atoms with Gasteiger partial charge in [-0.15, -0.1) is 0 Å². The van der Waals surface area contributed by atoms with Crippen LogP contribution in [0.4, 0.5) is 14.5 Å². The van der Waals surface area contributed by atoms with Gasteiger partial charge in [-0.3, -0.25) is 9.59 Å². The van der Waals surface area contributed by atoms with E-state index in [-0.39, 0.29) is 30.6 Å². The van der Waals surface area contributed by atoms with Crippen LogP contribution < -0.4 is 10.6 Å². The standard InChI is InChI=1S/C22H28F2N2O2/c23-22(24)11-10-15(14-6-3-1-2-4-7-14)17(12-22)21(28)26-19-9-5-8-16-18(19)13-25-20(16)27/h5,8-9,14-15,17H,1-4,6-7,10-13H2,(H,25,27)(H,26,28). The number of carbonyl (C=O) groups is 2. The summed E-state index contributed by atoms with van der Waals surface area (Å²) in [5.74, 6) is -3.55. The number of carbonyl (C=O) groups excluding carboxylic acids is 2. The lowest BCUT2D eigenvalue weighted by molar-refractivity contribution is -0.134. The molecule has 1 aliphatic heterocycles. The second-order valence-corrected chi connectivity index (χ2v) is 8.62. The zero-order chi connectivity index (χ0) is 19.7. The third-order valence-electron chi connectivity index (χ3n) is 6.83. The third kappa shape index (κ3) is 3.91. The summed E-state index contributed by atoms with van der Waals surface area (Å²) >= 11 is 0. The van der Waals surface area contributed by atoms with E-state index in [1.54, 1.807) is 18.2 Å². The minimum atomic E-state index is -2.78. The maximum Gasteiger partial charge on any atom is 0.251 e. The van der Waals surface area contributed by atoms with Crippen LogP contribution in [0.5, 0.6) is 0 Å². The molecule has 1 aromatic carbocycles. The van der Waals surface area contributed by atoms with E-state index < -0.39 is 11.8 Å². The summed E-state index contributed by atoms with van der Waals surface area (Å²) in [5, 5.41) is 5.64. The van der Waals surface area contributed by atoms with Gasteiger partial charge in [0.2, 0.25) is 11.8 Å². The molecule has 4 nitrogen and oxygen atoms in total. The molecular weight excluding hydrogens is 362 g/mol. The largest absolute Gasteiger partial charge is 0.348 e. The second kappa shape index (κ2) is 7.80. The first-order valence-electron chi connectivity index (χ1n) is 10.5. The minimum Gasteiger partial charge on any atom is -0.348 e. The molecule has 1 aromatic rings. The van der Waals surface area contributed by atoms with E-state index in [0.717, 1.165) is 31.2 Å². The number of hydrogen-bond acceptors (Lipinski definition) is 2. The van der Waals surface area contributed by atoms with Gasteiger partial charge in [0.1, 0.15) is 0 Å². The number of nitrogens with one attached hydrogen (secondary N) is 2. The Morgan fingerprint density at radius 3 is 2.61 bits per heavy atom. The van der Waals surface area contributed by atoms with Crippen molar-refractivity contribution in [3.63, 3.8) is 0 Å². The second-order valence-electron chi connectivity index (χ2n) is 8.62. The highest BCUT2D eigenvalue weighted by molar-refractivity contribution is 6.02. The summed E-state index contributed by atoms with van der Waals surface area (Å²) in [7, 11) is 0. The van der Waals surface area contributed by atoms with Gasteiger partial charge in [0.15, 0.2) is 0 Å². The van der Waals surface area contributed by atoms with Crippen molar-refractivity contribution in [2.45, 2.75) is 70.3 Å². The van der Waals surface area contributed by atoms with Crippen molar-refractivity contribution in [1.82, 2.24) is 5.32 Å². The fourth-order valence-corrected chi connectivity index (χ4v) is 5.34. The Balaban J connectivity index is 1.55. The number of benzene rings is 1. The first-order valence-corrected chi connectivity index (χ1v) is 10.5. The summed E-state index contributed by atoms with van der Waals surface area (Å²) in [6.07, 6.45) is 6.68. The molecule has 2 N–H and O–H groups in total. The number of amides is 2. The van der Waals surface area contributed by atoms with Gasteiger partial charge in [-0.1, -0.05) is 44.6 Å². The third-order valence-corrected chi connectivity index (χ3v) is 6.83. The molecule has 1 heterocycles. The molecule has 2 fully saturated rings. The maximum absolute atomic E-state index is 14.2. The predicted octanol–water partition coefficient (Wildman–Crippen LogP) is 4.89. The predicted molar refractivity (Wildman–Crippen MR) is 103 cm³/mol. The van der Waals surface area contributed by atoms with Crippen LogP contribution in [0, 0.1) is 17.8 Å². The highest BCUT2D eigenvalue weighted by atomic mass is 19.3. The highest BCUT2D eigenvalue weighted by Gasteiger charge is 2.46. The van der Waals surface area contributed by atoms with E-state index in [1.165, 1.54) is 12.8 Å². The van der Waals surface area contributed by atoms with Crippen LogP contribution in [0.2, 0.25) is 0 Å². The summed E-state index contributed by atoms with van der Waals surface area (Å²) in [6.45, 7) is 0.359. The first-order chi connectivity index (χ1) is 13.4. The molecule has 2 saturated carbocycles. The molecule has 152 valence electrons. The van der Waals surface area contributed by atoms with E-state index in [0.29, 0.717) is 30.1 Å². The molecule has 0 spiro atoms. The molecule has 28 heavy (non-hydrogen) atoms. The van der Waals surface area contributed by atoms with Gasteiger partial charge in [-0.05, 0) is 30.4 Å². The van der Waals surface area contributed by atoms with Crippen molar-refractivity contribution in [1.29, 1.82) is 0 Å². The van der Waals surface area contributed by atoms with E-state index in [9.17, 15) is 18.4 Å². The van der Waals surface area contributed by atoms with Gasteiger partial charge in [-0.25, -0.2) is 8.78 Å². The molecule has 2 atom stereocenters. The summed E-state index contributed by atoms with van der Waals surface area (Å²) in [4.78, 5) is 25.0. The Morgan fingerprint density at radius 2 is 1.86 bits per heavy atom. The van der Waals surface area contributed by atoms with Crippen molar-refractivity contribution in [3.8, 4) is 0 Å². The van der Waals surface area contributed by atoms with Gasteiger partial charge < -0.3 is 10.6 Å². The van der Waals surface area contributed by atoms with Gasteiger partial charge in [0.25, 0.3) is 5.91 Å². The molecule has 0 bridgehead atoms. The molecular formula is C22H28F2N2O2. The molecule has 4 rings (SSSR count). The Kier molecular flexibility index (Phi) is 5.39. The van der Waals surface area contributed by atoms with Crippen molar-refractivity contribution >= 4 is 17.5 Å². The monoisotopic (exact) mass is 390 g/mol. The first kappa shape index (κ1) is 19.3. The summed E-state index contributed by atoms with van der Waals surface area (Å²) in [5.41, 5.74) is 1.86. The van der Waals surface area contributed by atoms with Crippen molar-refractivity contribution in [2.24, 2.45) is 17.8 Å². The number of hydrogen-bond donors (Lipinski definition) is 2. The number of alkyl halides is 2. The molecule has 2 aliphatic carbocycles. The molecule has 6 heteroatoms. The Hall–Kier alpha value is -1.98. The highest BCUT2D eigenvalue weighted by Crippen LogP contribution is 2.46. The zero-order valence-electron chi connectivity index (χ0n) is 16.1. The minimum absolute atomic E-state index is 0.0224. The van der Waals surface area contributed by atoms with E-state index in [2.05, 4.69) is 10.6 Å². The Morgan fingerprint density at radius 1 is 1.11 bits per heavy atom. The average molecular weight is 390 g/mol. The SMILES string of the molecule is O=C1NCc2c(NC(=O)C3CC(F)(F)CCC3C3CCCCCC3)cccc21. The van der Waals surface area contributed by atoms with Gasteiger partial charge in [-0.2, -0.15) is 0 Å². The number of anilines is 1. The topological polar surface area (TPSA) is 58.2 Å². The lowest BCUT2D eigenvalue weighted by Crippen LogP contribution is -2.42. The number of halogens is 2. The van der Waals surface area contributed by atoms with Gasteiger partial charge in [0, 0.05) is 42.1 Å². The van der Waals surface area contributed by atoms with Crippen LogP contribution in [0.3, 0.4) is 0 Å². The van der Waals surface area contributed by atoms with Gasteiger partial charge in [0.05, 0.1) is 0 Å². The van der Waals surface area contributed by atoms with Gasteiger partial charge >= 0.3 is 0 Å². The van der Waals surface area contributed by atoms with Crippen LogP contribution >= 0.6 is 0 Å². The molecule has 0 saturated heterocycles. The Labute approximate surface area is 164 Å². The van der Waals surface area contributed by atoms with Crippen LogP contribution in [0.1, 0.15) is 73.7 Å². The summed E-state index contributed by atoms with van der Waals surface area (Å²) < 4.78 is 28.4. The normalized spacial score (nSPS) is 27.6. The van der Waals surface area contributed by atoms with E-state index >= 15 is 0 Å². The fourth-order valence-electron chi connectivity index (χ4n) is 5.34. The van der Waals surface area contributed by atoms with Crippen molar-refractivity contribution in [2.75, 3.05) is 5.32 Å². The smallest absolute Gasteiger partial charge is 0.251 e.